The van der Waals surface area contributed by atoms with E-state index in [2.05, 4.69) is 48.0 Å². The maximum Gasteiger partial charge on any atom is 0.0587 e. The van der Waals surface area contributed by atoms with Gasteiger partial charge in [-0.2, -0.15) is 11.8 Å². The molecule has 5 heteroatoms. The van der Waals surface area contributed by atoms with Crippen molar-refractivity contribution in [2.24, 2.45) is 0 Å². The number of rotatable bonds is 6. The van der Waals surface area contributed by atoms with Crippen LogP contribution in [0.2, 0.25) is 5.02 Å². The van der Waals surface area contributed by atoms with Crippen LogP contribution in [-0.4, -0.2) is 43.9 Å². The largest absolute Gasteiger partial charge is 0.383 e. The molecule has 0 saturated carbocycles. The molecule has 0 aliphatic carbocycles. The number of hydrogen-bond acceptors (Lipinski definition) is 4. The van der Waals surface area contributed by atoms with Crippen molar-refractivity contribution in [3.8, 4) is 0 Å². The second-order valence-corrected chi connectivity index (χ2v) is 7.92. The maximum absolute atomic E-state index is 6.22. The highest BCUT2D eigenvalue weighted by Gasteiger charge is 2.24. The first-order valence-corrected chi connectivity index (χ1v) is 8.80. The van der Waals surface area contributed by atoms with Gasteiger partial charge in [-0.05, 0) is 17.7 Å². The summed E-state index contributed by atoms with van der Waals surface area (Å²) in [5.74, 6) is 0. The van der Waals surface area contributed by atoms with Crippen molar-refractivity contribution in [2.75, 3.05) is 38.3 Å². The van der Waals surface area contributed by atoms with Gasteiger partial charge in [0.05, 0.1) is 6.61 Å². The molecule has 1 aromatic carbocycles. The maximum atomic E-state index is 6.22. The second-order valence-electron chi connectivity index (χ2n) is 5.60. The predicted octanol–water partition coefficient (Wildman–Crippen LogP) is 3.41. The molecule has 0 spiro atoms. The summed E-state index contributed by atoms with van der Waals surface area (Å²) >= 11 is 8.29. The standard InChI is InChI=1S/C16H25ClN2OS/c1-12-10-19(11-13(2)21-12)16-8-15(17)5-4-14(16)9-18-6-7-20-3/h4-5,8,12-13,18H,6-7,9-11H2,1-3H3. The van der Waals surface area contributed by atoms with Gasteiger partial charge in [-0.25, -0.2) is 0 Å². The molecule has 0 aromatic heterocycles. The number of methoxy groups -OCH3 is 1. The van der Waals surface area contributed by atoms with E-state index in [4.69, 9.17) is 16.3 Å². The topological polar surface area (TPSA) is 24.5 Å². The smallest absolute Gasteiger partial charge is 0.0587 e. The zero-order valence-corrected chi connectivity index (χ0v) is 14.6. The Morgan fingerprint density at radius 3 is 2.71 bits per heavy atom. The summed E-state index contributed by atoms with van der Waals surface area (Å²) in [6.45, 7) is 9.21. The highest BCUT2D eigenvalue weighted by Crippen LogP contribution is 2.32. The Morgan fingerprint density at radius 1 is 1.33 bits per heavy atom. The van der Waals surface area contributed by atoms with Crippen molar-refractivity contribution in [1.82, 2.24) is 5.32 Å². The minimum Gasteiger partial charge on any atom is -0.383 e. The van der Waals surface area contributed by atoms with Gasteiger partial charge in [-0.3, -0.25) is 0 Å². The highest BCUT2D eigenvalue weighted by atomic mass is 35.5. The molecule has 118 valence electrons. The lowest BCUT2D eigenvalue weighted by Crippen LogP contribution is -2.41. The van der Waals surface area contributed by atoms with Gasteiger partial charge in [0.25, 0.3) is 0 Å². The van der Waals surface area contributed by atoms with Crippen LogP contribution in [-0.2, 0) is 11.3 Å². The van der Waals surface area contributed by atoms with E-state index in [1.54, 1.807) is 7.11 Å². The van der Waals surface area contributed by atoms with Gasteiger partial charge < -0.3 is 15.0 Å². The van der Waals surface area contributed by atoms with Crippen LogP contribution >= 0.6 is 23.4 Å². The molecule has 1 saturated heterocycles. The third kappa shape index (κ3) is 5.06. The molecule has 1 aliphatic rings. The van der Waals surface area contributed by atoms with Gasteiger partial charge >= 0.3 is 0 Å². The third-order valence-electron chi connectivity index (χ3n) is 3.61. The monoisotopic (exact) mass is 328 g/mol. The van der Waals surface area contributed by atoms with Crippen LogP contribution in [0.15, 0.2) is 18.2 Å². The Morgan fingerprint density at radius 2 is 2.05 bits per heavy atom. The van der Waals surface area contributed by atoms with Gasteiger partial charge in [0.1, 0.15) is 0 Å². The average Bonchev–Trinajstić information content (AvgIpc) is 2.44. The van der Waals surface area contributed by atoms with E-state index >= 15 is 0 Å². The van der Waals surface area contributed by atoms with E-state index in [-0.39, 0.29) is 0 Å². The molecule has 1 aromatic rings. The van der Waals surface area contributed by atoms with Crippen molar-refractivity contribution >= 4 is 29.1 Å². The number of benzene rings is 1. The average molecular weight is 329 g/mol. The molecule has 2 atom stereocenters. The number of ether oxygens (including phenoxy) is 1. The molecule has 1 N–H and O–H groups in total. The lowest BCUT2D eigenvalue weighted by atomic mass is 10.1. The first-order chi connectivity index (χ1) is 10.1. The number of nitrogens with one attached hydrogen (secondary N) is 1. The van der Waals surface area contributed by atoms with E-state index in [9.17, 15) is 0 Å². The molecule has 2 unspecified atom stereocenters. The quantitative estimate of drug-likeness (QED) is 0.809. The van der Waals surface area contributed by atoms with E-state index < -0.39 is 0 Å². The normalized spacial score (nSPS) is 22.6. The number of halogens is 1. The fourth-order valence-corrected chi connectivity index (χ4v) is 4.24. The van der Waals surface area contributed by atoms with E-state index in [0.717, 1.165) is 37.8 Å². The summed E-state index contributed by atoms with van der Waals surface area (Å²) < 4.78 is 5.08. The van der Waals surface area contributed by atoms with Crippen LogP contribution in [0.4, 0.5) is 5.69 Å². The number of nitrogens with zero attached hydrogens (tertiary/aromatic N) is 1. The van der Waals surface area contributed by atoms with E-state index in [1.807, 2.05) is 6.07 Å². The molecule has 1 aliphatic heterocycles. The Bertz CT molecular complexity index is 448. The van der Waals surface area contributed by atoms with Crippen LogP contribution in [0.25, 0.3) is 0 Å². The van der Waals surface area contributed by atoms with Crippen molar-refractivity contribution in [3.05, 3.63) is 28.8 Å². The number of hydrogen-bond donors (Lipinski definition) is 1. The van der Waals surface area contributed by atoms with Gasteiger partial charge in [0.2, 0.25) is 0 Å². The van der Waals surface area contributed by atoms with Gasteiger partial charge in [-0.15, -0.1) is 0 Å². The molecule has 1 heterocycles. The molecule has 3 nitrogen and oxygen atoms in total. The minimum atomic E-state index is 0.655. The molecular formula is C16H25ClN2OS. The zero-order valence-electron chi connectivity index (χ0n) is 13.1. The Labute approximate surface area is 137 Å². The zero-order chi connectivity index (χ0) is 15.2. The molecule has 0 bridgehead atoms. The predicted molar refractivity (Wildman–Crippen MR) is 93.8 cm³/mol. The van der Waals surface area contributed by atoms with Crippen LogP contribution in [0, 0.1) is 0 Å². The van der Waals surface area contributed by atoms with E-state index in [0.29, 0.717) is 10.5 Å². The summed E-state index contributed by atoms with van der Waals surface area (Å²) in [7, 11) is 1.73. The molecular weight excluding hydrogens is 304 g/mol. The first kappa shape index (κ1) is 16.9. The fourth-order valence-electron chi connectivity index (χ4n) is 2.75. The van der Waals surface area contributed by atoms with Crippen molar-refractivity contribution in [2.45, 2.75) is 30.9 Å². The lowest BCUT2D eigenvalue weighted by Gasteiger charge is -2.37. The number of anilines is 1. The summed E-state index contributed by atoms with van der Waals surface area (Å²) in [4.78, 5) is 2.48. The Balaban J connectivity index is 2.10. The third-order valence-corrected chi connectivity index (χ3v) is 5.07. The van der Waals surface area contributed by atoms with Gasteiger partial charge in [0.15, 0.2) is 0 Å². The minimum absolute atomic E-state index is 0.655. The summed E-state index contributed by atoms with van der Waals surface area (Å²) in [5, 5.41) is 5.54. The van der Waals surface area contributed by atoms with Gasteiger partial charge in [-0.1, -0.05) is 31.5 Å². The Hall–Kier alpha value is -0.420. The molecule has 0 amide bonds. The summed E-state index contributed by atoms with van der Waals surface area (Å²) in [5.41, 5.74) is 2.58. The molecule has 1 fully saturated rings. The Kier molecular flexibility index (Phi) is 6.68. The fraction of sp³-hybridized carbons (Fsp3) is 0.625. The summed E-state index contributed by atoms with van der Waals surface area (Å²) in [6, 6.07) is 6.21. The van der Waals surface area contributed by atoms with Crippen molar-refractivity contribution < 1.29 is 4.74 Å². The van der Waals surface area contributed by atoms with Crippen LogP contribution < -0.4 is 10.2 Å². The van der Waals surface area contributed by atoms with E-state index in [1.165, 1.54) is 11.3 Å². The SMILES string of the molecule is COCCNCc1ccc(Cl)cc1N1CC(C)SC(C)C1. The molecule has 21 heavy (non-hydrogen) atoms. The first-order valence-electron chi connectivity index (χ1n) is 7.48. The number of thioether (sulfide) groups is 1. The van der Waals surface area contributed by atoms with Crippen LogP contribution in [0.1, 0.15) is 19.4 Å². The van der Waals surface area contributed by atoms with Crippen LogP contribution in [0.3, 0.4) is 0 Å². The van der Waals surface area contributed by atoms with Crippen molar-refractivity contribution in [3.63, 3.8) is 0 Å². The lowest BCUT2D eigenvalue weighted by molar-refractivity contribution is 0.199. The molecule has 0 radical (unpaired) electrons. The summed E-state index contributed by atoms with van der Waals surface area (Å²) in [6.07, 6.45) is 0. The van der Waals surface area contributed by atoms with Crippen LogP contribution in [0.5, 0.6) is 0 Å². The highest BCUT2D eigenvalue weighted by molar-refractivity contribution is 8.00. The molecule has 2 rings (SSSR count). The second kappa shape index (κ2) is 8.28. The van der Waals surface area contributed by atoms with Crippen molar-refractivity contribution in [1.29, 1.82) is 0 Å². The van der Waals surface area contributed by atoms with Gasteiger partial charge in [0, 0.05) is 54.5 Å².